The van der Waals surface area contributed by atoms with Crippen LogP contribution in [0.25, 0.3) is 0 Å². The Kier molecular flexibility index (Phi) is 9.14. The summed E-state index contributed by atoms with van der Waals surface area (Å²) in [5, 5.41) is 0. The molecule has 86 valence electrons. The van der Waals surface area contributed by atoms with Gasteiger partial charge in [0, 0.05) is 12.8 Å². The van der Waals surface area contributed by atoms with Crippen molar-refractivity contribution in [2.24, 2.45) is 0 Å². The van der Waals surface area contributed by atoms with Crippen LogP contribution in [-0.4, -0.2) is 42.2 Å². The molecule has 0 aliphatic carbocycles. The van der Waals surface area contributed by atoms with E-state index in [0.717, 1.165) is 0 Å². The van der Waals surface area contributed by atoms with Gasteiger partial charge in [0.25, 0.3) is 0 Å². The highest BCUT2D eigenvalue weighted by Crippen LogP contribution is 2.08. The van der Waals surface area contributed by atoms with Gasteiger partial charge in [0.15, 0.2) is 52.3 Å². The van der Waals surface area contributed by atoms with Crippen LogP contribution in [0.3, 0.4) is 0 Å². The molecule has 0 fully saturated rings. The Labute approximate surface area is 95.7 Å². The first-order valence-electron chi connectivity index (χ1n) is 3.89. The summed E-state index contributed by atoms with van der Waals surface area (Å²) < 4.78 is 43.4. The molecule has 4 unspecified atom stereocenters. The highest BCUT2D eigenvalue weighted by atomic mass is 33.2. The van der Waals surface area contributed by atoms with Gasteiger partial charge in [0.2, 0.25) is 0 Å². The molecule has 0 heterocycles. The van der Waals surface area contributed by atoms with E-state index in [1.54, 1.807) is 0 Å². The Morgan fingerprint density at radius 3 is 1.21 bits per heavy atom. The lowest BCUT2D eigenvalue weighted by atomic mass is 10.4. The van der Waals surface area contributed by atoms with Crippen LogP contribution in [0.1, 0.15) is 12.8 Å². The average molecular weight is 278 g/mol. The lowest BCUT2D eigenvalue weighted by molar-refractivity contribution is 0.580. The summed E-state index contributed by atoms with van der Waals surface area (Å²) in [4.78, 5) is 0. The van der Waals surface area contributed by atoms with Crippen LogP contribution >= 0.6 is 0 Å². The Balaban J connectivity index is 3.38. The van der Waals surface area contributed by atoms with Crippen molar-refractivity contribution in [3.8, 4) is 0 Å². The molecule has 14 heavy (non-hydrogen) atoms. The topological polar surface area (TPSA) is 92.2 Å². The van der Waals surface area contributed by atoms with Gasteiger partial charge in [-0.15, -0.1) is 0 Å². The SMILES string of the molecule is C[S+]([O-])[S+]([O-])CCCC[S+]([O-])[S+](C)[O-]. The van der Waals surface area contributed by atoms with Gasteiger partial charge < -0.3 is 18.2 Å². The fourth-order valence-corrected chi connectivity index (χ4v) is 4.14. The lowest BCUT2D eigenvalue weighted by Crippen LogP contribution is -2.20. The monoisotopic (exact) mass is 278 g/mol. The Morgan fingerprint density at radius 1 is 0.714 bits per heavy atom. The molecule has 0 bridgehead atoms. The molecule has 0 aliphatic rings. The third-order valence-corrected chi connectivity index (χ3v) is 7.83. The maximum absolute atomic E-state index is 11.0. The van der Waals surface area contributed by atoms with Crippen LogP contribution in [0.15, 0.2) is 0 Å². The molecule has 0 spiro atoms. The molecule has 0 N–H and O–H groups in total. The van der Waals surface area contributed by atoms with Crippen LogP contribution in [0.2, 0.25) is 0 Å². The molecular formula is C6H14O4S4. The first-order valence-corrected chi connectivity index (χ1v) is 10.7. The van der Waals surface area contributed by atoms with Crippen LogP contribution in [0, 0.1) is 0 Å². The van der Waals surface area contributed by atoms with E-state index in [4.69, 9.17) is 0 Å². The first-order chi connectivity index (χ1) is 6.45. The highest BCUT2D eigenvalue weighted by molar-refractivity contribution is 8.67. The van der Waals surface area contributed by atoms with Crippen LogP contribution in [0.4, 0.5) is 0 Å². The van der Waals surface area contributed by atoms with Crippen molar-refractivity contribution in [2.45, 2.75) is 12.8 Å². The smallest absolute Gasteiger partial charge is 0.170 e. The van der Waals surface area contributed by atoms with Crippen molar-refractivity contribution in [1.82, 2.24) is 0 Å². The van der Waals surface area contributed by atoms with E-state index in [-0.39, 0.29) is 0 Å². The Hall–Kier alpha value is 1.24. The zero-order valence-corrected chi connectivity index (χ0v) is 11.4. The van der Waals surface area contributed by atoms with E-state index >= 15 is 0 Å². The second-order valence-electron chi connectivity index (χ2n) is 2.53. The molecule has 0 saturated carbocycles. The molecule has 0 aromatic carbocycles. The van der Waals surface area contributed by atoms with E-state index in [1.165, 1.54) is 12.5 Å². The van der Waals surface area contributed by atoms with Crippen LogP contribution in [-0.2, 0) is 40.8 Å². The summed E-state index contributed by atoms with van der Waals surface area (Å²) in [7, 11) is -5.19. The van der Waals surface area contributed by atoms with Gasteiger partial charge in [0.1, 0.15) is 12.5 Å². The molecule has 0 aliphatic heterocycles. The minimum Gasteiger partial charge on any atom is -0.572 e. The van der Waals surface area contributed by atoms with Gasteiger partial charge in [-0.1, -0.05) is 0 Å². The summed E-state index contributed by atoms with van der Waals surface area (Å²) in [5.74, 6) is 0.716. The van der Waals surface area contributed by atoms with Gasteiger partial charge in [0.05, 0.1) is 0 Å². The summed E-state index contributed by atoms with van der Waals surface area (Å²) in [6.07, 6.45) is 4.01. The van der Waals surface area contributed by atoms with Crippen molar-refractivity contribution in [1.29, 1.82) is 0 Å². The molecule has 0 aromatic heterocycles. The number of rotatable bonds is 7. The first kappa shape index (κ1) is 15.2. The predicted octanol–water partition coefficient (Wildman–Crippen LogP) is -0.149. The maximum Gasteiger partial charge on any atom is 0.170 e. The van der Waals surface area contributed by atoms with Crippen molar-refractivity contribution in [3.63, 3.8) is 0 Å². The van der Waals surface area contributed by atoms with Gasteiger partial charge in [-0.2, -0.15) is 0 Å². The standard InChI is InChI=1S/C6H14O4S4/c1-11(7)13(9)5-3-4-6-14(10)12(2)8/h3-6H2,1-2H3. The van der Waals surface area contributed by atoms with E-state index < -0.39 is 40.8 Å². The zero-order chi connectivity index (χ0) is 11.1. The van der Waals surface area contributed by atoms with E-state index in [1.807, 2.05) is 0 Å². The predicted molar refractivity (Wildman–Crippen MR) is 63.4 cm³/mol. The molecule has 0 rings (SSSR count). The average Bonchev–Trinajstić information content (AvgIpc) is 2.11. The van der Waals surface area contributed by atoms with E-state index in [9.17, 15) is 18.2 Å². The van der Waals surface area contributed by atoms with Gasteiger partial charge in [-0.3, -0.25) is 0 Å². The van der Waals surface area contributed by atoms with Gasteiger partial charge in [-0.25, -0.2) is 0 Å². The molecule has 0 aromatic rings. The summed E-state index contributed by atoms with van der Waals surface area (Å²) in [6, 6.07) is 0. The minimum atomic E-state index is -1.30. The Bertz CT molecular complexity index is 130. The molecule has 0 radical (unpaired) electrons. The summed E-state index contributed by atoms with van der Waals surface area (Å²) in [5.41, 5.74) is 0. The van der Waals surface area contributed by atoms with Crippen molar-refractivity contribution in [2.75, 3.05) is 24.0 Å². The van der Waals surface area contributed by atoms with E-state index in [2.05, 4.69) is 0 Å². The van der Waals surface area contributed by atoms with Crippen molar-refractivity contribution >= 4 is 40.8 Å². The minimum absolute atomic E-state index is 0.358. The third kappa shape index (κ3) is 7.52. The summed E-state index contributed by atoms with van der Waals surface area (Å²) >= 11 is 0. The van der Waals surface area contributed by atoms with Crippen molar-refractivity contribution < 1.29 is 18.2 Å². The normalized spacial score (nSPS) is 20.1. The largest absolute Gasteiger partial charge is 0.572 e. The fourth-order valence-electron chi connectivity index (χ4n) is 0.675. The van der Waals surface area contributed by atoms with Crippen LogP contribution in [0.5, 0.6) is 0 Å². The third-order valence-electron chi connectivity index (χ3n) is 1.40. The summed E-state index contributed by atoms with van der Waals surface area (Å²) in [6.45, 7) is 0. The van der Waals surface area contributed by atoms with E-state index in [0.29, 0.717) is 24.3 Å². The molecule has 0 amide bonds. The molecule has 4 nitrogen and oxygen atoms in total. The second-order valence-corrected chi connectivity index (χ2v) is 11.2. The quantitative estimate of drug-likeness (QED) is 0.368. The zero-order valence-electron chi connectivity index (χ0n) is 8.09. The number of hydrogen-bond acceptors (Lipinski definition) is 4. The second kappa shape index (κ2) is 8.40. The van der Waals surface area contributed by atoms with Gasteiger partial charge in [-0.05, 0) is 0 Å². The highest BCUT2D eigenvalue weighted by Gasteiger charge is 2.21. The molecular weight excluding hydrogens is 264 g/mol. The molecule has 4 atom stereocenters. The lowest BCUT2D eigenvalue weighted by Gasteiger charge is -2.09. The Morgan fingerprint density at radius 2 is 1.00 bits per heavy atom. The van der Waals surface area contributed by atoms with Crippen molar-refractivity contribution in [3.05, 3.63) is 0 Å². The number of unbranched alkanes of at least 4 members (excludes halogenated alkanes) is 1. The van der Waals surface area contributed by atoms with Gasteiger partial charge >= 0.3 is 0 Å². The maximum atomic E-state index is 11.0. The molecule has 0 saturated heterocycles. The fraction of sp³-hybridized carbons (Fsp3) is 1.00. The van der Waals surface area contributed by atoms with Crippen LogP contribution < -0.4 is 0 Å². The number of hydrogen-bond donors (Lipinski definition) is 0. The molecule has 8 heteroatoms.